The SMILES string of the molecule is CC1=C(C)C[C@H](C(=O)Nc2ccc3c(c2)oc2ccccc23)[C@@H](C(=O)[O-])C1. The maximum Gasteiger partial charge on any atom is 0.228 e. The van der Waals surface area contributed by atoms with Gasteiger partial charge in [-0.25, -0.2) is 0 Å². The Kier molecular flexibility index (Phi) is 4.22. The van der Waals surface area contributed by atoms with Gasteiger partial charge >= 0.3 is 0 Å². The van der Waals surface area contributed by atoms with E-state index in [2.05, 4.69) is 5.32 Å². The number of furan rings is 1. The van der Waals surface area contributed by atoms with Gasteiger partial charge in [0.05, 0.1) is 5.92 Å². The van der Waals surface area contributed by atoms with E-state index in [0.29, 0.717) is 24.1 Å². The predicted molar refractivity (Wildman–Crippen MR) is 102 cm³/mol. The van der Waals surface area contributed by atoms with Crippen molar-refractivity contribution in [3.63, 3.8) is 0 Å². The highest BCUT2D eigenvalue weighted by Gasteiger charge is 2.33. The number of aliphatic carboxylic acids is 1. The predicted octanol–water partition coefficient (Wildman–Crippen LogP) is 3.64. The second kappa shape index (κ2) is 6.58. The average Bonchev–Trinajstić information content (AvgIpc) is 3.01. The summed E-state index contributed by atoms with van der Waals surface area (Å²) in [4.78, 5) is 24.3. The summed E-state index contributed by atoms with van der Waals surface area (Å²) >= 11 is 0. The van der Waals surface area contributed by atoms with Crippen molar-refractivity contribution in [1.29, 1.82) is 0 Å². The van der Waals surface area contributed by atoms with Crippen LogP contribution in [0.2, 0.25) is 0 Å². The number of carboxylic acids is 1. The number of amides is 1. The Labute approximate surface area is 156 Å². The van der Waals surface area contributed by atoms with Crippen LogP contribution in [0.4, 0.5) is 5.69 Å². The molecule has 0 spiro atoms. The molecule has 1 aromatic heterocycles. The van der Waals surface area contributed by atoms with E-state index in [1.54, 1.807) is 6.07 Å². The maximum atomic E-state index is 12.8. The standard InChI is InChI=1S/C22H21NO4/c1-12-9-17(18(22(25)26)10-13(12)2)21(24)23-14-7-8-16-15-5-3-4-6-19(15)27-20(16)11-14/h3-8,11,17-18H,9-10H2,1-2H3,(H,23,24)(H,25,26)/p-1/t17-,18-/m0/s1. The van der Waals surface area contributed by atoms with Crippen LogP contribution < -0.4 is 10.4 Å². The highest BCUT2D eigenvalue weighted by molar-refractivity contribution is 6.06. The molecule has 3 aromatic rings. The van der Waals surface area contributed by atoms with Gasteiger partial charge in [-0.15, -0.1) is 0 Å². The van der Waals surface area contributed by atoms with Crippen LogP contribution in [0.3, 0.4) is 0 Å². The molecule has 5 nitrogen and oxygen atoms in total. The van der Waals surface area contributed by atoms with Gasteiger partial charge in [0.1, 0.15) is 11.2 Å². The third-order valence-electron chi connectivity index (χ3n) is 5.55. The molecule has 27 heavy (non-hydrogen) atoms. The van der Waals surface area contributed by atoms with Crippen molar-refractivity contribution >= 4 is 39.5 Å². The van der Waals surface area contributed by atoms with E-state index in [-0.39, 0.29) is 5.91 Å². The summed E-state index contributed by atoms with van der Waals surface area (Å²) in [5, 5.41) is 16.4. The minimum absolute atomic E-state index is 0.300. The van der Waals surface area contributed by atoms with Crippen LogP contribution >= 0.6 is 0 Å². The van der Waals surface area contributed by atoms with Gasteiger partial charge in [-0.1, -0.05) is 29.3 Å². The van der Waals surface area contributed by atoms with E-state index in [1.165, 1.54) is 0 Å². The van der Waals surface area contributed by atoms with Crippen molar-refractivity contribution in [3.8, 4) is 0 Å². The minimum atomic E-state index is -1.17. The number of rotatable bonds is 3. The van der Waals surface area contributed by atoms with Crippen molar-refractivity contribution in [2.24, 2.45) is 11.8 Å². The molecular weight excluding hydrogens is 342 g/mol. The van der Waals surface area contributed by atoms with Crippen LogP contribution in [0.15, 0.2) is 58.0 Å². The van der Waals surface area contributed by atoms with Gasteiger partial charge in [-0.2, -0.15) is 0 Å². The summed E-state index contributed by atoms with van der Waals surface area (Å²) in [6.07, 6.45) is 0.790. The van der Waals surface area contributed by atoms with Crippen LogP contribution in [0.1, 0.15) is 26.7 Å². The number of carboxylic acid groups (broad SMARTS) is 1. The molecule has 1 aliphatic rings. The number of hydrogen-bond acceptors (Lipinski definition) is 4. The Bertz CT molecular complexity index is 1090. The molecule has 5 heteroatoms. The molecule has 1 heterocycles. The molecule has 0 saturated carbocycles. The Morgan fingerprint density at radius 1 is 0.963 bits per heavy atom. The lowest BCUT2D eigenvalue weighted by Crippen LogP contribution is -2.42. The first-order valence-corrected chi connectivity index (χ1v) is 9.02. The molecule has 0 unspecified atom stereocenters. The molecule has 138 valence electrons. The van der Waals surface area contributed by atoms with Crippen LogP contribution in [0.25, 0.3) is 21.9 Å². The Balaban J connectivity index is 1.62. The van der Waals surface area contributed by atoms with Gasteiger partial charge in [0.2, 0.25) is 5.91 Å². The van der Waals surface area contributed by atoms with Crippen LogP contribution in [0.5, 0.6) is 0 Å². The highest BCUT2D eigenvalue weighted by atomic mass is 16.4. The topological polar surface area (TPSA) is 82.4 Å². The summed E-state index contributed by atoms with van der Waals surface area (Å²) in [6, 6.07) is 13.2. The Hall–Kier alpha value is -3.08. The molecule has 1 amide bonds. The number of anilines is 1. The smallest absolute Gasteiger partial charge is 0.228 e. The van der Waals surface area contributed by atoms with E-state index >= 15 is 0 Å². The quantitative estimate of drug-likeness (QED) is 0.721. The summed E-state index contributed by atoms with van der Waals surface area (Å²) in [5.41, 5.74) is 4.16. The first-order chi connectivity index (χ1) is 12.9. The third kappa shape index (κ3) is 3.10. The summed E-state index contributed by atoms with van der Waals surface area (Å²) in [5.74, 6) is -2.91. The number of hydrogen-bond donors (Lipinski definition) is 1. The fourth-order valence-corrected chi connectivity index (χ4v) is 3.85. The highest BCUT2D eigenvalue weighted by Crippen LogP contribution is 2.35. The van der Waals surface area contributed by atoms with Crippen molar-refractivity contribution < 1.29 is 19.1 Å². The molecule has 0 radical (unpaired) electrons. The summed E-state index contributed by atoms with van der Waals surface area (Å²) in [7, 11) is 0. The molecule has 0 fully saturated rings. The monoisotopic (exact) mass is 362 g/mol. The number of nitrogens with one attached hydrogen (secondary N) is 1. The second-order valence-electron chi connectivity index (χ2n) is 7.30. The fourth-order valence-electron chi connectivity index (χ4n) is 3.85. The zero-order valence-electron chi connectivity index (χ0n) is 15.2. The van der Waals surface area contributed by atoms with E-state index in [1.807, 2.05) is 50.2 Å². The zero-order valence-corrected chi connectivity index (χ0v) is 15.2. The van der Waals surface area contributed by atoms with Crippen molar-refractivity contribution in [1.82, 2.24) is 0 Å². The van der Waals surface area contributed by atoms with Gasteiger partial charge in [0, 0.05) is 34.4 Å². The lowest BCUT2D eigenvalue weighted by atomic mass is 9.76. The summed E-state index contributed by atoms with van der Waals surface area (Å²) in [6.45, 7) is 3.86. The molecule has 1 aliphatic carbocycles. The van der Waals surface area contributed by atoms with Gasteiger partial charge in [0.15, 0.2) is 0 Å². The molecule has 2 atom stereocenters. The number of benzene rings is 2. The molecule has 2 aromatic carbocycles. The lowest BCUT2D eigenvalue weighted by Gasteiger charge is -2.32. The van der Waals surface area contributed by atoms with Crippen molar-refractivity contribution in [2.45, 2.75) is 26.7 Å². The summed E-state index contributed by atoms with van der Waals surface area (Å²) < 4.78 is 5.85. The third-order valence-corrected chi connectivity index (χ3v) is 5.55. The fraction of sp³-hybridized carbons (Fsp3) is 0.273. The van der Waals surface area contributed by atoms with Crippen LogP contribution in [-0.2, 0) is 9.59 Å². The van der Waals surface area contributed by atoms with E-state index in [4.69, 9.17) is 4.42 Å². The van der Waals surface area contributed by atoms with Crippen LogP contribution in [-0.4, -0.2) is 11.9 Å². The maximum absolute atomic E-state index is 12.8. The van der Waals surface area contributed by atoms with Gasteiger partial charge in [-0.3, -0.25) is 4.79 Å². The van der Waals surface area contributed by atoms with Crippen molar-refractivity contribution in [2.75, 3.05) is 5.32 Å². The first-order valence-electron chi connectivity index (χ1n) is 9.02. The Morgan fingerprint density at radius 2 is 1.63 bits per heavy atom. The van der Waals surface area contributed by atoms with Crippen molar-refractivity contribution in [3.05, 3.63) is 53.6 Å². The number of fused-ring (bicyclic) bond motifs is 3. The molecule has 4 rings (SSSR count). The zero-order chi connectivity index (χ0) is 19.1. The van der Waals surface area contributed by atoms with Gasteiger partial charge < -0.3 is 19.6 Å². The normalized spacial score (nSPS) is 20.2. The number of allylic oxidation sites excluding steroid dienone is 2. The number of carbonyl (C=O) groups is 2. The van der Waals surface area contributed by atoms with Gasteiger partial charge in [0.25, 0.3) is 0 Å². The molecule has 0 bridgehead atoms. The first kappa shape index (κ1) is 17.3. The number of para-hydroxylation sites is 1. The number of carbonyl (C=O) groups excluding carboxylic acids is 2. The largest absolute Gasteiger partial charge is 0.550 e. The molecular formula is C22H20NO4-. The molecule has 0 aliphatic heterocycles. The van der Waals surface area contributed by atoms with Crippen LogP contribution in [0, 0.1) is 11.8 Å². The van der Waals surface area contributed by atoms with E-state index in [9.17, 15) is 14.7 Å². The lowest BCUT2D eigenvalue weighted by molar-refractivity contribution is -0.313. The average molecular weight is 362 g/mol. The van der Waals surface area contributed by atoms with Gasteiger partial charge in [-0.05, 0) is 44.9 Å². The minimum Gasteiger partial charge on any atom is -0.550 e. The van der Waals surface area contributed by atoms with E-state index < -0.39 is 17.8 Å². The second-order valence-corrected chi connectivity index (χ2v) is 7.30. The van der Waals surface area contributed by atoms with E-state index in [0.717, 1.165) is 27.5 Å². The molecule has 1 N–H and O–H groups in total. The Morgan fingerprint density at radius 3 is 2.37 bits per heavy atom. The molecule has 0 saturated heterocycles.